The number of nitrogens with zero attached hydrogens (tertiary/aromatic N) is 2. The molecule has 1 heterocycles. The van der Waals surface area contributed by atoms with Crippen LogP contribution in [-0.4, -0.2) is 18.2 Å². The van der Waals surface area contributed by atoms with E-state index in [0.29, 0.717) is 11.3 Å². The summed E-state index contributed by atoms with van der Waals surface area (Å²) in [7, 11) is -1.77. The Morgan fingerprint density at radius 1 is 1.35 bits per heavy atom. The van der Waals surface area contributed by atoms with Crippen molar-refractivity contribution in [2.75, 3.05) is 5.73 Å². The van der Waals surface area contributed by atoms with Crippen molar-refractivity contribution in [2.24, 2.45) is 7.05 Å². The van der Waals surface area contributed by atoms with E-state index in [9.17, 15) is 8.42 Å². The van der Waals surface area contributed by atoms with Crippen LogP contribution >= 0.6 is 0 Å². The standard InChI is InChI=1S/C13H18N4O2S/c1-9-4-5-12(14)6-13(9)20(18,19)16-8-11-7-15-17(3)10(11)2/h4-7,16H,8,14H2,1-3H3. The molecular formula is C13H18N4O2S. The molecule has 0 saturated carbocycles. The molecular weight excluding hydrogens is 276 g/mol. The third kappa shape index (κ3) is 2.83. The van der Waals surface area contributed by atoms with Gasteiger partial charge in [0.2, 0.25) is 10.0 Å². The molecule has 0 unspecified atom stereocenters. The average molecular weight is 294 g/mol. The summed E-state index contributed by atoms with van der Waals surface area (Å²) in [5, 5.41) is 4.08. The van der Waals surface area contributed by atoms with Crippen LogP contribution < -0.4 is 10.5 Å². The molecule has 0 aliphatic carbocycles. The van der Waals surface area contributed by atoms with Gasteiger partial charge in [-0.1, -0.05) is 6.07 Å². The van der Waals surface area contributed by atoms with E-state index in [1.807, 2.05) is 14.0 Å². The summed E-state index contributed by atoms with van der Waals surface area (Å²) in [4.78, 5) is 0.207. The van der Waals surface area contributed by atoms with Crippen molar-refractivity contribution in [1.29, 1.82) is 0 Å². The van der Waals surface area contributed by atoms with Crippen LogP contribution in [0.5, 0.6) is 0 Å². The van der Waals surface area contributed by atoms with E-state index in [0.717, 1.165) is 11.3 Å². The average Bonchev–Trinajstić information content (AvgIpc) is 2.70. The number of hydrogen-bond acceptors (Lipinski definition) is 4. The van der Waals surface area contributed by atoms with Gasteiger partial charge in [-0.2, -0.15) is 5.10 Å². The number of anilines is 1. The van der Waals surface area contributed by atoms with Gasteiger partial charge in [-0.3, -0.25) is 4.68 Å². The van der Waals surface area contributed by atoms with Gasteiger partial charge < -0.3 is 5.73 Å². The number of benzene rings is 1. The SMILES string of the molecule is Cc1ccc(N)cc1S(=O)(=O)NCc1cnn(C)c1C. The van der Waals surface area contributed by atoms with Crippen LogP contribution in [0.1, 0.15) is 16.8 Å². The van der Waals surface area contributed by atoms with Gasteiger partial charge in [0.05, 0.1) is 11.1 Å². The molecule has 2 rings (SSSR count). The lowest BCUT2D eigenvalue weighted by Gasteiger charge is -2.10. The lowest BCUT2D eigenvalue weighted by atomic mass is 10.2. The first kappa shape index (κ1) is 14.5. The van der Waals surface area contributed by atoms with E-state index < -0.39 is 10.0 Å². The van der Waals surface area contributed by atoms with Crippen LogP contribution in [0.2, 0.25) is 0 Å². The molecule has 1 aromatic carbocycles. The van der Waals surface area contributed by atoms with Gasteiger partial charge in [0.25, 0.3) is 0 Å². The maximum absolute atomic E-state index is 12.3. The second kappa shape index (κ2) is 5.26. The van der Waals surface area contributed by atoms with Gasteiger partial charge in [-0.25, -0.2) is 13.1 Å². The maximum atomic E-state index is 12.3. The number of aromatic nitrogens is 2. The van der Waals surface area contributed by atoms with Crippen molar-refractivity contribution >= 4 is 15.7 Å². The first-order chi connectivity index (χ1) is 9.31. The van der Waals surface area contributed by atoms with Crippen LogP contribution in [0.25, 0.3) is 0 Å². The first-order valence-corrected chi connectivity index (χ1v) is 7.63. The summed E-state index contributed by atoms with van der Waals surface area (Å²) in [6.07, 6.45) is 1.66. The topological polar surface area (TPSA) is 90.0 Å². The van der Waals surface area contributed by atoms with Crippen molar-refractivity contribution in [3.63, 3.8) is 0 Å². The monoisotopic (exact) mass is 294 g/mol. The van der Waals surface area contributed by atoms with Gasteiger partial charge in [-0.05, 0) is 31.5 Å². The van der Waals surface area contributed by atoms with Gasteiger partial charge in [-0.15, -0.1) is 0 Å². The summed E-state index contributed by atoms with van der Waals surface area (Å²) < 4.78 is 28.9. The fourth-order valence-electron chi connectivity index (χ4n) is 1.87. The minimum absolute atomic E-state index is 0.205. The molecule has 1 aromatic heterocycles. The molecule has 0 aliphatic heterocycles. The molecule has 7 heteroatoms. The molecule has 0 spiro atoms. The molecule has 0 atom stereocenters. The first-order valence-electron chi connectivity index (χ1n) is 6.14. The second-order valence-electron chi connectivity index (χ2n) is 4.73. The number of sulfonamides is 1. The Bertz CT molecular complexity index is 735. The van der Waals surface area contributed by atoms with Crippen molar-refractivity contribution in [3.8, 4) is 0 Å². The number of hydrogen-bond donors (Lipinski definition) is 2. The zero-order valence-electron chi connectivity index (χ0n) is 11.7. The number of nitrogens with one attached hydrogen (secondary N) is 1. The summed E-state index contributed by atoms with van der Waals surface area (Å²) in [5.41, 5.74) is 8.51. The summed E-state index contributed by atoms with van der Waals surface area (Å²) in [6.45, 7) is 3.84. The van der Waals surface area contributed by atoms with Crippen LogP contribution in [0.4, 0.5) is 5.69 Å². The third-order valence-electron chi connectivity index (χ3n) is 3.29. The van der Waals surface area contributed by atoms with Gasteiger partial charge in [0.15, 0.2) is 0 Å². The van der Waals surface area contributed by atoms with Gasteiger partial charge >= 0.3 is 0 Å². The van der Waals surface area contributed by atoms with Crippen LogP contribution in [-0.2, 0) is 23.6 Å². The Morgan fingerprint density at radius 2 is 2.05 bits per heavy atom. The molecule has 2 aromatic rings. The van der Waals surface area contributed by atoms with Crippen molar-refractivity contribution in [1.82, 2.24) is 14.5 Å². The predicted molar refractivity (Wildman–Crippen MR) is 77.6 cm³/mol. The smallest absolute Gasteiger partial charge is 0.241 e. The Kier molecular flexibility index (Phi) is 3.82. The van der Waals surface area contributed by atoms with Crippen molar-refractivity contribution < 1.29 is 8.42 Å². The fraction of sp³-hybridized carbons (Fsp3) is 0.308. The highest BCUT2D eigenvalue weighted by Gasteiger charge is 2.17. The molecule has 3 N–H and O–H groups in total. The minimum Gasteiger partial charge on any atom is -0.399 e. The molecule has 0 aliphatic rings. The molecule has 0 amide bonds. The van der Waals surface area contributed by atoms with E-state index in [1.54, 1.807) is 29.9 Å². The highest BCUT2D eigenvalue weighted by atomic mass is 32.2. The van der Waals surface area contributed by atoms with E-state index in [2.05, 4.69) is 9.82 Å². The minimum atomic E-state index is -3.59. The molecule has 0 bridgehead atoms. The Balaban J connectivity index is 2.24. The molecule has 0 fully saturated rings. The predicted octanol–water partition coefficient (Wildman–Crippen LogP) is 1.10. The van der Waals surface area contributed by atoms with Gasteiger partial charge in [0, 0.05) is 30.5 Å². The zero-order chi connectivity index (χ0) is 14.9. The molecule has 6 nitrogen and oxygen atoms in total. The largest absolute Gasteiger partial charge is 0.399 e. The third-order valence-corrected chi connectivity index (χ3v) is 4.83. The zero-order valence-corrected chi connectivity index (χ0v) is 12.5. The number of aryl methyl sites for hydroxylation is 2. The normalized spacial score (nSPS) is 11.8. The highest BCUT2D eigenvalue weighted by molar-refractivity contribution is 7.89. The quantitative estimate of drug-likeness (QED) is 0.826. The molecule has 0 saturated heterocycles. The van der Waals surface area contributed by atoms with Crippen molar-refractivity contribution in [2.45, 2.75) is 25.3 Å². The Labute approximate surface area is 118 Å². The number of rotatable bonds is 4. The van der Waals surface area contributed by atoms with E-state index in [4.69, 9.17) is 5.73 Å². The van der Waals surface area contributed by atoms with E-state index in [1.165, 1.54) is 6.07 Å². The second-order valence-corrected chi connectivity index (χ2v) is 6.46. The highest BCUT2D eigenvalue weighted by Crippen LogP contribution is 2.18. The van der Waals surface area contributed by atoms with E-state index in [-0.39, 0.29) is 11.4 Å². The van der Waals surface area contributed by atoms with E-state index >= 15 is 0 Å². The lowest BCUT2D eigenvalue weighted by Crippen LogP contribution is -2.24. The summed E-state index contributed by atoms with van der Waals surface area (Å²) in [6, 6.07) is 4.84. The molecule has 108 valence electrons. The fourth-order valence-corrected chi connectivity index (χ4v) is 3.16. The summed E-state index contributed by atoms with van der Waals surface area (Å²) >= 11 is 0. The van der Waals surface area contributed by atoms with Crippen LogP contribution in [0.3, 0.4) is 0 Å². The maximum Gasteiger partial charge on any atom is 0.241 e. The molecule has 0 radical (unpaired) electrons. The van der Waals surface area contributed by atoms with Gasteiger partial charge in [0.1, 0.15) is 0 Å². The number of nitrogens with two attached hydrogens (primary N) is 1. The van der Waals surface area contributed by atoms with Crippen LogP contribution in [0, 0.1) is 13.8 Å². The Morgan fingerprint density at radius 3 is 2.65 bits per heavy atom. The van der Waals surface area contributed by atoms with Crippen molar-refractivity contribution in [3.05, 3.63) is 41.2 Å². The Hall–Kier alpha value is -1.86. The lowest BCUT2D eigenvalue weighted by molar-refractivity contribution is 0.580. The summed E-state index contributed by atoms with van der Waals surface area (Å²) in [5.74, 6) is 0. The molecule has 20 heavy (non-hydrogen) atoms. The van der Waals surface area contributed by atoms with Crippen LogP contribution in [0.15, 0.2) is 29.3 Å². The number of nitrogen functional groups attached to an aromatic ring is 1.